The lowest BCUT2D eigenvalue weighted by atomic mass is 9.98. The van der Waals surface area contributed by atoms with Gasteiger partial charge >= 0.3 is 0 Å². The van der Waals surface area contributed by atoms with Crippen LogP contribution >= 0.6 is 11.6 Å². The summed E-state index contributed by atoms with van der Waals surface area (Å²) < 4.78 is 1.66. The fourth-order valence-electron chi connectivity index (χ4n) is 3.82. The molecule has 2 amide bonds. The Kier molecular flexibility index (Phi) is 5.25. The van der Waals surface area contributed by atoms with E-state index in [4.69, 9.17) is 16.7 Å². The molecule has 3 aromatic rings. The van der Waals surface area contributed by atoms with Gasteiger partial charge in [0, 0.05) is 29.2 Å². The molecule has 4 rings (SSSR count). The van der Waals surface area contributed by atoms with E-state index in [9.17, 15) is 9.59 Å². The molecule has 162 valence electrons. The first-order valence-electron chi connectivity index (χ1n) is 10.4. The van der Waals surface area contributed by atoms with Crippen LogP contribution in [0.1, 0.15) is 55.2 Å². The topological polar surface area (TPSA) is 79.6 Å². The first-order chi connectivity index (χ1) is 14.6. The van der Waals surface area contributed by atoms with Crippen molar-refractivity contribution in [3.05, 3.63) is 52.3 Å². The quantitative estimate of drug-likeness (QED) is 0.672. The highest BCUT2D eigenvalue weighted by molar-refractivity contribution is 6.31. The van der Waals surface area contributed by atoms with Crippen LogP contribution in [0.15, 0.2) is 30.5 Å². The molecule has 2 aromatic heterocycles. The summed E-state index contributed by atoms with van der Waals surface area (Å²) in [7, 11) is 0. The van der Waals surface area contributed by atoms with Crippen molar-refractivity contribution in [3.8, 4) is 11.3 Å². The molecular weight excluding hydrogens is 414 g/mol. The monoisotopic (exact) mass is 439 g/mol. The molecule has 8 heteroatoms. The number of halogens is 1. The number of aryl methyl sites for hydroxylation is 1. The first kappa shape index (κ1) is 21.3. The Morgan fingerprint density at radius 2 is 2.00 bits per heavy atom. The number of piperazine rings is 1. The van der Waals surface area contributed by atoms with Gasteiger partial charge in [0.2, 0.25) is 5.91 Å². The summed E-state index contributed by atoms with van der Waals surface area (Å²) in [5, 5.41) is 8.19. The molecule has 0 radical (unpaired) electrons. The SMILES string of the molecule is Cc1ccc(-c2cc(C(C)C)c3nc(C(=O)N4CCNC(=O)C4(C)C)cn3n2)cc1Cl. The number of amides is 2. The Labute approximate surface area is 186 Å². The van der Waals surface area contributed by atoms with E-state index >= 15 is 0 Å². The lowest BCUT2D eigenvalue weighted by molar-refractivity contribution is -0.133. The third kappa shape index (κ3) is 3.67. The summed E-state index contributed by atoms with van der Waals surface area (Å²) >= 11 is 6.32. The number of hydrogen-bond donors (Lipinski definition) is 1. The van der Waals surface area contributed by atoms with Gasteiger partial charge in [-0.25, -0.2) is 9.50 Å². The summed E-state index contributed by atoms with van der Waals surface area (Å²) in [5.74, 6) is -0.275. The molecule has 7 nitrogen and oxygen atoms in total. The minimum Gasteiger partial charge on any atom is -0.352 e. The molecule has 0 unspecified atom stereocenters. The molecule has 1 aromatic carbocycles. The van der Waals surface area contributed by atoms with Gasteiger partial charge in [-0.05, 0) is 44.4 Å². The molecule has 3 heterocycles. The van der Waals surface area contributed by atoms with Crippen LogP contribution in [0.2, 0.25) is 5.02 Å². The van der Waals surface area contributed by atoms with E-state index in [-0.39, 0.29) is 23.4 Å². The lowest BCUT2D eigenvalue weighted by Crippen LogP contribution is -2.63. The van der Waals surface area contributed by atoms with Gasteiger partial charge in [0.1, 0.15) is 11.2 Å². The van der Waals surface area contributed by atoms with Crippen molar-refractivity contribution >= 4 is 29.1 Å². The highest BCUT2D eigenvalue weighted by atomic mass is 35.5. The maximum absolute atomic E-state index is 13.3. The molecular formula is C23H26ClN5O2. The number of nitrogens with zero attached hydrogens (tertiary/aromatic N) is 4. The fraction of sp³-hybridized carbons (Fsp3) is 0.391. The maximum Gasteiger partial charge on any atom is 0.275 e. The van der Waals surface area contributed by atoms with Gasteiger partial charge in [-0.3, -0.25) is 9.59 Å². The average molecular weight is 440 g/mol. The molecule has 1 fully saturated rings. The maximum atomic E-state index is 13.3. The number of rotatable bonds is 3. The fourth-order valence-corrected chi connectivity index (χ4v) is 4.00. The standard InChI is InChI=1S/C23H26ClN5O2/c1-13(2)16-11-18(15-7-6-14(3)17(24)10-15)27-29-12-19(26-20(16)29)21(30)28-9-8-25-22(31)23(28,4)5/h6-7,10-13H,8-9H2,1-5H3,(H,25,31). The normalized spacial score (nSPS) is 16.1. The highest BCUT2D eigenvalue weighted by Crippen LogP contribution is 2.29. The molecule has 0 bridgehead atoms. The van der Waals surface area contributed by atoms with Crippen LogP contribution in [0, 0.1) is 6.92 Å². The second-order valence-electron chi connectivity index (χ2n) is 8.77. The van der Waals surface area contributed by atoms with E-state index in [1.54, 1.807) is 29.5 Å². The van der Waals surface area contributed by atoms with E-state index in [1.807, 2.05) is 31.2 Å². The van der Waals surface area contributed by atoms with E-state index in [1.165, 1.54) is 0 Å². The summed E-state index contributed by atoms with van der Waals surface area (Å²) in [6.07, 6.45) is 1.64. The molecule has 0 atom stereocenters. The van der Waals surface area contributed by atoms with Crippen molar-refractivity contribution in [2.24, 2.45) is 0 Å². The highest BCUT2D eigenvalue weighted by Gasteiger charge is 2.41. The minimum atomic E-state index is -0.941. The minimum absolute atomic E-state index is 0.171. The summed E-state index contributed by atoms with van der Waals surface area (Å²) in [4.78, 5) is 31.7. The number of imidazole rings is 1. The van der Waals surface area contributed by atoms with E-state index < -0.39 is 5.54 Å². The molecule has 31 heavy (non-hydrogen) atoms. The molecule has 1 N–H and O–H groups in total. The largest absolute Gasteiger partial charge is 0.352 e. The number of benzene rings is 1. The van der Waals surface area contributed by atoms with Crippen molar-refractivity contribution < 1.29 is 9.59 Å². The van der Waals surface area contributed by atoms with Crippen LogP contribution in [0.25, 0.3) is 16.9 Å². The van der Waals surface area contributed by atoms with Crippen molar-refractivity contribution in [1.82, 2.24) is 24.8 Å². The molecule has 0 saturated carbocycles. The van der Waals surface area contributed by atoms with E-state index in [0.29, 0.717) is 23.8 Å². The zero-order chi connectivity index (χ0) is 22.5. The molecule has 0 aliphatic carbocycles. The Morgan fingerprint density at radius 1 is 1.26 bits per heavy atom. The van der Waals surface area contributed by atoms with Crippen LogP contribution in [0.5, 0.6) is 0 Å². The van der Waals surface area contributed by atoms with Gasteiger partial charge < -0.3 is 10.2 Å². The number of nitrogens with one attached hydrogen (secondary N) is 1. The van der Waals surface area contributed by atoms with Crippen LogP contribution in [-0.2, 0) is 4.79 Å². The summed E-state index contributed by atoms with van der Waals surface area (Å²) in [5.41, 5.74) is 3.61. The predicted octanol–water partition coefficient (Wildman–Crippen LogP) is 3.83. The second-order valence-corrected chi connectivity index (χ2v) is 9.18. The Morgan fingerprint density at radius 3 is 2.68 bits per heavy atom. The number of fused-ring (bicyclic) bond motifs is 1. The Bertz CT molecular complexity index is 1200. The smallest absolute Gasteiger partial charge is 0.275 e. The first-order valence-corrected chi connectivity index (χ1v) is 10.7. The van der Waals surface area contributed by atoms with Crippen LogP contribution < -0.4 is 5.32 Å². The molecule has 1 aliphatic heterocycles. The summed E-state index contributed by atoms with van der Waals surface area (Å²) in [6, 6.07) is 7.84. The Hall–Kier alpha value is -2.93. The van der Waals surface area contributed by atoms with E-state index in [2.05, 4.69) is 24.1 Å². The van der Waals surface area contributed by atoms with Crippen molar-refractivity contribution in [2.45, 2.75) is 46.1 Å². The number of aromatic nitrogens is 3. The number of carbonyl (C=O) groups excluding carboxylic acids is 2. The number of hydrogen-bond acceptors (Lipinski definition) is 4. The van der Waals surface area contributed by atoms with Crippen molar-refractivity contribution in [3.63, 3.8) is 0 Å². The van der Waals surface area contributed by atoms with Gasteiger partial charge in [0.15, 0.2) is 5.65 Å². The third-order valence-electron chi connectivity index (χ3n) is 5.86. The molecule has 1 saturated heterocycles. The zero-order valence-electron chi connectivity index (χ0n) is 18.4. The van der Waals surface area contributed by atoms with Crippen molar-refractivity contribution in [1.29, 1.82) is 0 Å². The van der Waals surface area contributed by atoms with Gasteiger partial charge in [-0.15, -0.1) is 0 Å². The molecule has 0 spiro atoms. The van der Waals surface area contributed by atoms with Crippen LogP contribution in [0.4, 0.5) is 0 Å². The van der Waals surface area contributed by atoms with Gasteiger partial charge in [0.25, 0.3) is 5.91 Å². The van der Waals surface area contributed by atoms with Gasteiger partial charge in [-0.1, -0.05) is 37.6 Å². The average Bonchev–Trinajstić information content (AvgIpc) is 3.15. The predicted molar refractivity (Wildman–Crippen MR) is 120 cm³/mol. The number of carbonyl (C=O) groups is 2. The summed E-state index contributed by atoms with van der Waals surface area (Å²) in [6.45, 7) is 10.5. The zero-order valence-corrected chi connectivity index (χ0v) is 19.1. The van der Waals surface area contributed by atoms with Gasteiger partial charge in [-0.2, -0.15) is 5.10 Å². The lowest BCUT2D eigenvalue weighted by Gasteiger charge is -2.40. The van der Waals surface area contributed by atoms with Gasteiger partial charge in [0.05, 0.1) is 11.9 Å². The van der Waals surface area contributed by atoms with Crippen molar-refractivity contribution in [2.75, 3.05) is 13.1 Å². The molecule has 1 aliphatic rings. The third-order valence-corrected chi connectivity index (χ3v) is 6.27. The Balaban J connectivity index is 1.81. The van der Waals surface area contributed by atoms with E-state index in [0.717, 1.165) is 22.4 Å². The second kappa shape index (κ2) is 7.64. The van der Waals surface area contributed by atoms with Crippen LogP contribution in [-0.4, -0.2) is 49.9 Å². The van der Waals surface area contributed by atoms with Crippen LogP contribution in [0.3, 0.4) is 0 Å².